The molecule has 0 radical (unpaired) electrons. The zero-order chi connectivity index (χ0) is 12.4. The summed E-state index contributed by atoms with van der Waals surface area (Å²) in [7, 11) is 0. The van der Waals surface area contributed by atoms with Gasteiger partial charge in [-0.05, 0) is 50.3 Å². The van der Waals surface area contributed by atoms with Crippen molar-refractivity contribution >= 4 is 0 Å². The van der Waals surface area contributed by atoms with Gasteiger partial charge in [-0.15, -0.1) is 0 Å². The number of nitrogens with zero attached hydrogens (tertiary/aromatic N) is 1. The molecule has 1 aromatic heterocycles. The minimum absolute atomic E-state index is 0.506. The van der Waals surface area contributed by atoms with Gasteiger partial charge in [0.05, 0.1) is 13.1 Å². The van der Waals surface area contributed by atoms with E-state index in [0.29, 0.717) is 6.54 Å². The molecule has 3 nitrogen and oxygen atoms in total. The molecule has 2 aliphatic rings. The van der Waals surface area contributed by atoms with Crippen LogP contribution >= 0.6 is 0 Å². The maximum absolute atomic E-state index is 5.75. The molecular formula is C15H24N2O. The molecule has 1 aromatic rings. The van der Waals surface area contributed by atoms with Crippen molar-refractivity contribution in [2.24, 2.45) is 11.7 Å². The molecule has 0 bridgehead atoms. The van der Waals surface area contributed by atoms with E-state index in [-0.39, 0.29) is 0 Å². The fourth-order valence-electron chi connectivity index (χ4n) is 3.74. The van der Waals surface area contributed by atoms with E-state index in [1.165, 1.54) is 45.1 Å². The van der Waals surface area contributed by atoms with Gasteiger partial charge >= 0.3 is 0 Å². The lowest BCUT2D eigenvalue weighted by atomic mass is 9.78. The van der Waals surface area contributed by atoms with E-state index < -0.39 is 0 Å². The van der Waals surface area contributed by atoms with Crippen LogP contribution in [0.2, 0.25) is 0 Å². The number of nitrogens with two attached hydrogens (primary N) is 1. The van der Waals surface area contributed by atoms with Crippen LogP contribution in [0.1, 0.15) is 50.0 Å². The Kier molecular flexibility index (Phi) is 3.71. The van der Waals surface area contributed by atoms with Crippen molar-refractivity contribution in [3.8, 4) is 0 Å². The predicted molar refractivity (Wildman–Crippen MR) is 72.0 cm³/mol. The third kappa shape index (κ3) is 2.47. The van der Waals surface area contributed by atoms with Crippen LogP contribution in [0, 0.1) is 5.92 Å². The first-order valence-electron chi connectivity index (χ1n) is 7.38. The smallest absolute Gasteiger partial charge is 0.118 e. The highest BCUT2D eigenvalue weighted by Crippen LogP contribution is 2.35. The van der Waals surface area contributed by atoms with E-state index in [2.05, 4.69) is 11.0 Å². The van der Waals surface area contributed by atoms with Gasteiger partial charge in [0.25, 0.3) is 0 Å². The largest absolute Gasteiger partial charge is 0.463 e. The third-order valence-corrected chi connectivity index (χ3v) is 4.64. The second kappa shape index (κ2) is 5.45. The molecule has 3 heteroatoms. The van der Waals surface area contributed by atoms with Crippen molar-refractivity contribution in [1.82, 2.24) is 4.90 Å². The number of rotatable bonds is 3. The lowest BCUT2D eigenvalue weighted by molar-refractivity contribution is 0.0492. The van der Waals surface area contributed by atoms with Gasteiger partial charge in [0.2, 0.25) is 0 Å². The highest BCUT2D eigenvalue weighted by atomic mass is 16.3. The van der Waals surface area contributed by atoms with Crippen LogP contribution in [0.4, 0.5) is 0 Å². The van der Waals surface area contributed by atoms with Crippen molar-refractivity contribution in [3.63, 3.8) is 0 Å². The first-order chi connectivity index (χ1) is 8.86. The zero-order valence-electron chi connectivity index (χ0n) is 11.1. The summed E-state index contributed by atoms with van der Waals surface area (Å²) >= 11 is 0. The van der Waals surface area contributed by atoms with Crippen LogP contribution in [0.5, 0.6) is 0 Å². The Labute approximate surface area is 109 Å². The average molecular weight is 248 g/mol. The summed E-state index contributed by atoms with van der Waals surface area (Å²) in [5.74, 6) is 2.93. The summed E-state index contributed by atoms with van der Waals surface area (Å²) in [5.41, 5.74) is 5.60. The van der Waals surface area contributed by atoms with Gasteiger partial charge in [0, 0.05) is 6.04 Å². The Morgan fingerprint density at radius 3 is 2.72 bits per heavy atom. The lowest BCUT2D eigenvalue weighted by Crippen LogP contribution is -2.46. The lowest BCUT2D eigenvalue weighted by Gasteiger charge is -2.43. The van der Waals surface area contributed by atoms with E-state index >= 15 is 0 Å². The highest BCUT2D eigenvalue weighted by Gasteiger charge is 2.33. The van der Waals surface area contributed by atoms with Gasteiger partial charge < -0.3 is 10.2 Å². The molecular weight excluding hydrogens is 224 g/mol. The second-order valence-electron chi connectivity index (χ2n) is 5.80. The summed E-state index contributed by atoms with van der Waals surface area (Å²) in [4.78, 5) is 2.65. The number of furan rings is 1. The Hall–Kier alpha value is -0.800. The molecule has 2 heterocycles. The fraction of sp³-hybridized carbons (Fsp3) is 0.733. The number of hydrogen-bond acceptors (Lipinski definition) is 3. The minimum Gasteiger partial charge on any atom is -0.463 e. The Balaban J connectivity index is 1.66. The van der Waals surface area contributed by atoms with Gasteiger partial charge in [-0.2, -0.15) is 0 Å². The highest BCUT2D eigenvalue weighted by molar-refractivity contribution is 5.07. The molecule has 1 saturated heterocycles. The van der Waals surface area contributed by atoms with Gasteiger partial charge in [-0.3, -0.25) is 4.90 Å². The summed E-state index contributed by atoms with van der Waals surface area (Å²) < 4.78 is 5.75. The second-order valence-corrected chi connectivity index (χ2v) is 5.80. The summed E-state index contributed by atoms with van der Waals surface area (Å²) in [6.45, 7) is 2.72. The summed E-state index contributed by atoms with van der Waals surface area (Å²) in [5, 5.41) is 0. The molecule has 0 spiro atoms. The van der Waals surface area contributed by atoms with E-state index in [9.17, 15) is 0 Å². The van der Waals surface area contributed by atoms with E-state index in [1.54, 1.807) is 0 Å². The number of hydrogen-bond donors (Lipinski definition) is 1. The van der Waals surface area contributed by atoms with Crippen molar-refractivity contribution in [2.45, 2.75) is 57.7 Å². The standard InChI is InChI=1S/C15H24N2O/c16-10-13-7-8-14(18-13)11-17-9-3-5-12-4-1-2-6-15(12)17/h7-8,12,15H,1-6,9-11,16H2. The molecule has 2 unspecified atom stereocenters. The van der Waals surface area contributed by atoms with Crippen LogP contribution in [0.15, 0.2) is 16.5 Å². The molecule has 18 heavy (non-hydrogen) atoms. The molecule has 2 atom stereocenters. The Bertz CT molecular complexity index is 386. The molecule has 1 aliphatic carbocycles. The molecule has 2 fully saturated rings. The van der Waals surface area contributed by atoms with Crippen molar-refractivity contribution in [3.05, 3.63) is 23.7 Å². The minimum atomic E-state index is 0.506. The number of fused-ring (bicyclic) bond motifs is 1. The third-order valence-electron chi connectivity index (χ3n) is 4.64. The molecule has 0 aromatic carbocycles. The van der Waals surface area contributed by atoms with Crippen LogP contribution in [-0.2, 0) is 13.1 Å². The van der Waals surface area contributed by atoms with Crippen molar-refractivity contribution < 1.29 is 4.42 Å². The molecule has 1 aliphatic heterocycles. The maximum Gasteiger partial charge on any atom is 0.118 e. The van der Waals surface area contributed by atoms with Gasteiger partial charge in [0.15, 0.2) is 0 Å². The summed E-state index contributed by atoms with van der Waals surface area (Å²) in [6, 6.07) is 4.91. The molecule has 100 valence electrons. The van der Waals surface area contributed by atoms with Crippen LogP contribution in [0.3, 0.4) is 0 Å². The van der Waals surface area contributed by atoms with Crippen molar-refractivity contribution in [2.75, 3.05) is 6.54 Å². The Morgan fingerprint density at radius 2 is 1.89 bits per heavy atom. The van der Waals surface area contributed by atoms with Crippen LogP contribution in [-0.4, -0.2) is 17.5 Å². The van der Waals surface area contributed by atoms with E-state index in [1.807, 2.05) is 6.07 Å². The van der Waals surface area contributed by atoms with Gasteiger partial charge in [0.1, 0.15) is 11.5 Å². The molecule has 1 saturated carbocycles. The SMILES string of the molecule is NCc1ccc(CN2CCCC3CCCCC32)o1. The van der Waals surface area contributed by atoms with E-state index in [0.717, 1.165) is 30.0 Å². The van der Waals surface area contributed by atoms with Crippen LogP contribution < -0.4 is 5.73 Å². The summed E-state index contributed by atoms with van der Waals surface area (Å²) in [6.07, 6.45) is 8.46. The normalized spacial score (nSPS) is 29.2. The first kappa shape index (κ1) is 12.2. The van der Waals surface area contributed by atoms with Gasteiger partial charge in [-0.25, -0.2) is 0 Å². The van der Waals surface area contributed by atoms with Gasteiger partial charge in [-0.1, -0.05) is 12.8 Å². The first-order valence-corrected chi connectivity index (χ1v) is 7.38. The monoisotopic (exact) mass is 248 g/mol. The Morgan fingerprint density at radius 1 is 1.11 bits per heavy atom. The number of piperidine rings is 1. The topological polar surface area (TPSA) is 42.4 Å². The quantitative estimate of drug-likeness (QED) is 0.894. The van der Waals surface area contributed by atoms with Crippen LogP contribution in [0.25, 0.3) is 0 Å². The molecule has 0 amide bonds. The number of likely N-dealkylation sites (tertiary alicyclic amines) is 1. The maximum atomic E-state index is 5.75. The average Bonchev–Trinajstić information content (AvgIpc) is 2.87. The predicted octanol–water partition coefficient (Wildman–Crippen LogP) is 2.89. The van der Waals surface area contributed by atoms with Crippen molar-refractivity contribution in [1.29, 1.82) is 0 Å². The zero-order valence-corrected chi connectivity index (χ0v) is 11.1. The molecule has 3 rings (SSSR count). The molecule has 2 N–H and O–H groups in total. The van der Waals surface area contributed by atoms with E-state index in [4.69, 9.17) is 10.2 Å². The fourth-order valence-corrected chi connectivity index (χ4v) is 3.74.